The molecule has 8 aromatic rings. The third-order valence-corrected chi connectivity index (χ3v) is 9.14. The van der Waals surface area contributed by atoms with E-state index in [-0.39, 0.29) is 37.1 Å². The van der Waals surface area contributed by atoms with Crippen LogP contribution in [0.15, 0.2) is 132 Å². The van der Waals surface area contributed by atoms with Crippen molar-refractivity contribution in [2.24, 2.45) is 5.41 Å². The molecular formula is C51H49IrN3O-2. The molecular weight excluding hydrogens is 863 g/mol. The average molecular weight is 922 g/mol. The number of fused-ring (bicyclic) bond motifs is 3. The Labute approximate surface area is 359 Å². The van der Waals surface area contributed by atoms with Gasteiger partial charge in [0, 0.05) is 57.3 Å². The molecule has 0 spiro atoms. The fourth-order valence-corrected chi connectivity index (χ4v) is 6.42. The van der Waals surface area contributed by atoms with Gasteiger partial charge in [-0.25, -0.2) is 4.98 Å². The molecule has 0 unspecified atom stereocenters. The molecule has 285 valence electrons. The molecule has 4 aromatic heterocycles. The first-order valence-corrected chi connectivity index (χ1v) is 18.2. The molecule has 5 heteroatoms. The molecule has 0 fully saturated rings. The summed E-state index contributed by atoms with van der Waals surface area (Å²) < 4.78 is 87.5. The minimum atomic E-state index is -2.34. The largest absolute Gasteiger partial charge is 0.486 e. The first-order chi connectivity index (χ1) is 30.3. The Morgan fingerprint density at radius 1 is 0.750 bits per heavy atom. The SMILES string of the molecule is [2H]C([2H])([2H])c1c[c-]c(-c2ccc(C([2H])([2H])C(C)(C)C)cn2)cc1-c1ccccc1.[2H]C([2H])([2H])c1ccc2c(n1)oc1c(-c3cc(C([2H])([2H])C(C)(C)c4ccc(C)cc4)ccn3)[c-]ccc12.[Ir]. The van der Waals surface area contributed by atoms with Crippen LogP contribution in [0.1, 0.15) is 81.8 Å². The number of rotatable bonds is 7. The number of hydrogen-bond acceptors (Lipinski definition) is 4. The van der Waals surface area contributed by atoms with Crippen LogP contribution in [0.25, 0.3) is 55.7 Å². The molecule has 0 aliphatic carbocycles. The predicted octanol–water partition coefficient (Wildman–Crippen LogP) is 13.1. The maximum Gasteiger partial charge on any atom is 0.216 e. The van der Waals surface area contributed by atoms with Gasteiger partial charge in [-0.1, -0.05) is 142 Å². The third kappa shape index (κ3) is 9.41. The van der Waals surface area contributed by atoms with Gasteiger partial charge in [0.2, 0.25) is 5.71 Å². The molecule has 8 rings (SSSR count). The maximum absolute atomic E-state index is 9.10. The van der Waals surface area contributed by atoms with Crippen molar-refractivity contribution < 1.29 is 38.2 Å². The zero-order chi connectivity index (χ0) is 47.3. The van der Waals surface area contributed by atoms with E-state index >= 15 is 0 Å². The molecule has 4 aromatic carbocycles. The number of nitrogens with zero attached hydrogens (tertiary/aromatic N) is 3. The van der Waals surface area contributed by atoms with Crippen molar-refractivity contribution in [3.05, 3.63) is 173 Å². The van der Waals surface area contributed by atoms with Gasteiger partial charge < -0.3 is 14.4 Å². The molecule has 0 saturated heterocycles. The van der Waals surface area contributed by atoms with Gasteiger partial charge in [0.05, 0.1) is 5.58 Å². The van der Waals surface area contributed by atoms with E-state index in [1.165, 1.54) is 12.1 Å². The smallest absolute Gasteiger partial charge is 0.216 e. The Bertz CT molecular complexity index is 2970. The van der Waals surface area contributed by atoms with Crippen LogP contribution in [0.3, 0.4) is 0 Å². The Balaban J connectivity index is 0.000000220. The molecule has 0 N–H and O–H groups in total. The summed E-state index contributed by atoms with van der Waals surface area (Å²) in [5, 5.41) is 1.46. The van der Waals surface area contributed by atoms with Crippen molar-refractivity contribution in [2.75, 3.05) is 0 Å². The number of hydrogen-bond donors (Lipinski definition) is 0. The Morgan fingerprint density at radius 3 is 2.27 bits per heavy atom. The van der Waals surface area contributed by atoms with E-state index in [1.807, 2.05) is 102 Å². The number of pyridine rings is 3. The van der Waals surface area contributed by atoms with Crippen molar-refractivity contribution in [1.29, 1.82) is 0 Å². The van der Waals surface area contributed by atoms with Crippen LogP contribution in [-0.2, 0) is 38.3 Å². The van der Waals surface area contributed by atoms with Crippen LogP contribution >= 0.6 is 0 Å². The Hall–Kier alpha value is -5.22. The van der Waals surface area contributed by atoms with Crippen molar-refractivity contribution >= 4 is 22.1 Å². The second-order valence-corrected chi connectivity index (χ2v) is 15.1. The molecule has 4 nitrogen and oxygen atoms in total. The summed E-state index contributed by atoms with van der Waals surface area (Å²) in [6.07, 6.45) is -0.0945. The van der Waals surface area contributed by atoms with Crippen molar-refractivity contribution in [3.8, 4) is 33.6 Å². The number of furan rings is 1. The predicted molar refractivity (Wildman–Crippen MR) is 228 cm³/mol. The molecule has 0 atom stereocenters. The first-order valence-electron chi connectivity index (χ1n) is 23.2. The maximum atomic E-state index is 9.10. The Kier molecular flexibility index (Phi) is 8.76. The van der Waals surface area contributed by atoms with Crippen molar-refractivity contribution in [3.63, 3.8) is 0 Å². The number of benzene rings is 4. The molecule has 0 aliphatic heterocycles. The summed E-state index contributed by atoms with van der Waals surface area (Å²) in [7, 11) is 0. The quantitative estimate of drug-likeness (QED) is 0.149. The van der Waals surface area contributed by atoms with Crippen molar-refractivity contribution in [1.82, 2.24) is 15.0 Å². The number of aryl methyl sites for hydroxylation is 3. The first kappa shape index (κ1) is 29.1. The van der Waals surface area contributed by atoms with Crippen LogP contribution < -0.4 is 0 Å². The normalized spacial score (nSPS) is 15.2. The fraction of sp³-hybridized carbons (Fsp3) is 0.235. The van der Waals surface area contributed by atoms with E-state index in [0.29, 0.717) is 50.2 Å². The van der Waals surface area contributed by atoms with Gasteiger partial charge in [-0.2, -0.15) is 0 Å². The Morgan fingerprint density at radius 2 is 1.55 bits per heavy atom. The van der Waals surface area contributed by atoms with Gasteiger partial charge in [-0.15, -0.1) is 47.5 Å². The van der Waals surface area contributed by atoms with Gasteiger partial charge in [-0.3, -0.25) is 0 Å². The van der Waals surface area contributed by atoms with E-state index in [2.05, 4.69) is 27.1 Å². The van der Waals surface area contributed by atoms with E-state index < -0.39 is 37.3 Å². The molecule has 0 saturated carbocycles. The summed E-state index contributed by atoms with van der Waals surface area (Å²) in [5.74, 6) is 0. The molecule has 0 bridgehead atoms. The van der Waals surface area contributed by atoms with Crippen molar-refractivity contribution in [2.45, 2.75) is 73.4 Å². The average Bonchev–Trinajstić information content (AvgIpc) is 3.64. The van der Waals surface area contributed by atoms with Gasteiger partial charge >= 0.3 is 0 Å². The standard InChI is InChI=1S/C28H25N2O.C23H24N.Ir/c1-18-8-11-21(12-9-18)28(3,4)17-20-14-15-29-25(16-20)24-7-5-6-22-23-13-10-19(2)30-27(23)31-26(22)24;1-17-10-12-20(14-21(17)19-8-6-5-7-9-19)22-13-11-18(16-24-22)15-23(2,3)4;/h5-6,8-16H,17H2,1-4H3;5-11,13-14,16H,15H2,1-4H3;/q2*-1;/i2D3,17D2;1D3,15D2;. The summed E-state index contributed by atoms with van der Waals surface area (Å²) in [4.78, 5) is 13.2. The summed E-state index contributed by atoms with van der Waals surface area (Å²) in [6, 6.07) is 40.5. The molecule has 0 amide bonds. The van der Waals surface area contributed by atoms with Gasteiger partial charge in [0.1, 0.15) is 0 Å². The van der Waals surface area contributed by atoms with Gasteiger partial charge in [-0.05, 0) is 83.6 Å². The minimum absolute atomic E-state index is 0. The molecule has 1 radical (unpaired) electrons. The van der Waals surface area contributed by atoms with Crippen LogP contribution in [0, 0.1) is 38.2 Å². The van der Waals surface area contributed by atoms with E-state index in [4.69, 9.17) is 18.1 Å². The molecule has 4 heterocycles. The molecule has 56 heavy (non-hydrogen) atoms. The summed E-state index contributed by atoms with van der Waals surface area (Å²) in [5.41, 5.74) is 6.35. The number of aromatic nitrogens is 3. The van der Waals surface area contributed by atoms with E-state index in [9.17, 15) is 0 Å². The van der Waals surface area contributed by atoms with Crippen LogP contribution in [0.2, 0.25) is 0 Å². The van der Waals surface area contributed by atoms with E-state index in [0.717, 1.165) is 22.1 Å². The second kappa shape index (κ2) is 16.9. The topological polar surface area (TPSA) is 51.8 Å². The summed E-state index contributed by atoms with van der Waals surface area (Å²) in [6.45, 7) is 6.79. The van der Waals surface area contributed by atoms with Gasteiger partial charge in [0.15, 0.2) is 0 Å². The van der Waals surface area contributed by atoms with Gasteiger partial charge in [0.25, 0.3) is 0 Å². The van der Waals surface area contributed by atoms with Crippen LogP contribution in [-0.4, -0.2) is 15.0 Å². The zero-order valence-electron chi connectivity index (χ0n) is 42.2. The monoisotopic (exact) mass is 922 g/mol. The summed E-state index contributed by atoms with van der Waals surface area (Å²) >= 11 is 0. The van der Waals surface area contributed by atoms with E-state index in [1.54, 1.807) is 54.9 Å². The van der Waals surface area contributed by atoms with Crippen LogP contribution in [0.5, 0.6) is 0 Å². The zero-order valence-corrected chi connectivity index (χ0v) is 34.6. The second-order valence-electron chi connectivity index (χ2n) is 15.1. The third-order valence-electron chi connectivity index (χ3n) is 9.14. The fourth-order valence-electron chi connectivity index (χ4n) is 6.42. The minimum Gasteiger partial charge on any atom is -0.486 e. The molecule has 0 aliphatic rings. The van der Waals surface area contributed by atoms with Crippen LogP contribution in [0.4, 0.5) is 0 Å².